The number of hydrogen-bond acceptors (Lipinski definition) is 6. The molecule has 0 aromatic heterocycles. The van der Waals surface area contributed by atoms with E-state index in [2.05, 4.69) is 90.1 Å². The van der Waals surface area contributed by atoms with Crippen molar-refractivity contribution in [2.45, 2.75) is 61.9 Å². The molecule has 3 unspecified atom stereocenters. The summed E-state index contributed by atoms with van der Waals surface area (Å²) in [7, 11) is 0. The predicted molar refractivity (Wildman–Crippen MR) is 115 cm³/mol. The van der Waals surface area contributed by atoms with E-state index in [-0.39, 0.29) is 50.9 Å². The fourth-order valence-electron chi connectivity index (χ4n) is 4.03. The van der Waals surface area contributed by atoms with Crippen LogP contribution in [0.25, 0.3) is 0 Å². The van der Waals surface area contributed by atoms with E-state index < -0.39 is 20.3 Å². The van der Waals surface area contributed by atoms with Gasteiger partial charge in [-0.1, -0.05) is 0 Å². The van der Waals surface area contributed by atoms with E-state index in [1.165, 1.54) is 0 Å². The molecule has 0 aromatic carbocycles. The number of allylic oxidation sites excluding steroid dienone is 3. The Bertz CT molecular complexity index is 661. The molecule has 0 radical (unpaired) electrons. The molecule has 0 fully saturated rings. The van der Waals surface area contributed by atoms with Crippen molar-refractivity contribution in [3.63, 3.8) is 0 Å². The van der Waals surface area contributed by atoms with E-state index in [4.69, 9.17) is 0 Å². The van der Waals surface area contributed by atoms with Crippen LogP contribution in [0.1, 0.15) is 41.5 Å². The first-order chi connectivity index (χ1) is 10.6. The van der Waals surface area contributed by atoms with Crippen LogP contribution in [-0.4, -0.2) is 16.6 Å². The standard InChI is InChI=1S/C16H21N6.3BrH.Ti/c1-10-7-14(4,20-17-10)13(15(5)8-11(2)18-21-15)16(6)9-12(3)19-22-16;;;;/h7-9H,1-6H3;3*1H;. The van der Waals surface area contributed by atoms with Crippen LogP contribution in [0.5, 0.6) is 0 Å². The van der Waals surface area contributed by atoms with Crippen molar-refractivity contribution in [1.82, 2.24) is 0 Å². The summed E-state index contributed by atoms with van der Waals surface area (Å²) >= 11 is 2.17. The van der Waals surface area contributed by atoms with Gasteiger partial charge in [-0.15, -0.1) is 50.9 Å². The second-order valence-corrected chi connectivity index (χ2v) is 8.32. The second kappa shape index (κ2) is 8.27. The van der Waals surface area contributed by atoms with Crippen LogP contribution in [0.2, 0.25) is 3.72 Å². The van der Waals surface area contributed by atoms with E-state index in [1.807, 2.05) is 20.8 Å². The molecule has 143 valence electrons. The van der Waals surface area contributed by atoms with Crippen molar-refractivity contribution in [1.29, 1.82) is 0 Å². The second-order valence-electron chi connectivity index (χ2n) is 7.15. The van der Waals surface area contributed by atoms with E-state index in [0.29, 0.717) is 0 Å². The molecule has 0 spiro atoms. The maximum absolute atomic E-state index is 4.62. The van der Waals surface area contributed by atoms with Crippen molar-refractivity contribution in [3.8, 4) is 0 Å². The molecule has 3 heterocycles. The van der Waals surface area contributed by atoms with Gasteiger partial charge in [-0.3, -0.25) is 0 Å². The Morgan fingerprint density at radius 3 is 1.04 bits per heavy atom. The third kappa shape index (κ3) is 3.59. The first kappa shape index (κ1) is 26.2. The molecule has 0 saturated carbocycles. The van der Waals surface area contributed by atoms with Crippen LogP contribution in [0, 0.1) is 0 Å². The minimum absolute atomic E-state index is 0. The zero-order valence-corrected chi connectivity index (χ0v) is 22.3. The summed E-state index contributed by atoms with van der Waals surface area (Å²) in [5.74, 6) is 0. The zero-order valence-electron chi connectivity index (χ0n) is 15.6. The fourth-order valence-corrected chi connectivity index (χ4v) is 4.60. The Balaban J connectivity index is 0.00000208. The quantitative estimate of drug-likeness (QED) is 0.325. The van der Waals surface area contributed by atoms with Gasteiger partial charge in [0.2, 0.25) is 0 Å². The van der Waals surface area contributed by atoms with E-state index in [0.717, 1.165) is 17.1 Å². The van der Waals surface area contributed by atoms with Gasteiger partial charge in [-0.2, -0.15) is 0 Å². The minimum atomic E-state index is -0.555. The fraction of sp³-hybridized carbons (Fsp3) is 0.625. The molecule has 0 aromatic rings. The van der Waals surface area contributed by atoms with Crippen molar-refractivity contribution in [3.05, 3.63) is 35.3 Å². The van der Waals surface area contributed by atoms with Gasteiger partial charge in [0.15, 0.2) is 0 Å². The van der Waals surface area contributed by atoms with Crippen molar-refractivity contribution in [2.75, 3.05) is 0 Å². The molecule has 0 bridgehead atoms. The monoisotopic (exact) mass is 585 g/mol. The first-order valence-corrected chi connectivity index (χ1v) is 8.45. The summed E-state index contributed by atoms with van der Waals surface area (Å²) in [6, 6.07) is 0. The van der Waals surface area contributed by atoms with Gasteiger partial charge >= 0.3 is 148 Å². The van der Waals surface area contributed by atoms with Gasteiger partial charge in [-0.25, -0.2) is 0 Å². The van der Waals surface area contributed by atoms with Crippen LogP contribution < -0.4 is 0 Å². The Hall–Kier alpha value is 0.174. The summed E-state index contributed by atoms with van der Waals surface area (Å²) in [5, 5.41) is 26.8. The molecular weight excluding hydrogens is 564 g/mol. The number of rotatable bonds is 3. The van der Waals surface area contributed by atoms with Crippen LogP contribution >= 0.6 is 50.9 Å². The maximum atomic E-state index is 4.62. The molecule has 26 heavy (non-hydrogen) atoms. The number of halogens is 3. The molecule has 3 atom stereocenters. The van der Waals surface area contributed by atoms with Crippen LogP contribution in [0.3, 0.4) is 0 Å². The summed E-state index contributed by atoms with van der Waals surface area (Å²) in [6.45, 7) is 12.2. The van der Waals surface area contributed by atoms with Gasteiger partial charge in [0, 0.05) is 0 Å². The van der Waals surface area contributed by atoms with Gasteiger partial charge in [-0.05, 0) is 0 Å². The number of hydrogen-bond donors (Lipinski definition) is 0. The molecule has 6 nitrogen and oxygen atoms in total. The van der Waals surface area contributed by atoms with Crippen molar-refractivity contribution < 1.29 is 20.4 Å². The average Bonchev–Trinajstić information content (AvgIpc) is 3.10. The van der Waals surface area contributed by atoms with Crippen LogP contribution in [0.15, 0.2) is 66.0 Å². The molecular formula is C16H24Br3N6Ti. The van der Waals surface area contributed by atoms with Crippen LogP contribution in [-0.2, 0) is 20.4 Å². The Morgan fingerprint density at radius 2 is 0.885 bits per heavy atom. The van der Waals surface area contributed by atoms with Gasteiger partial charge in [0.1, 0.15) is 0 Å². The number of azo groups is 3. The Kier molecular flexibility index (Phi) is 8.33. The van der Waals surface area contributed by atoms with E-state index in [9.17, 15) is 0 Å². The third-order valence-electron chi connectivity index (χ3n) is 4.99. The summed E-state index contributed by atoms with van der Waals surface area (Å²) < 4.78 is -0.517. The normalized spacial score (nSPS) is 36.3. The van der Waals surface area contributed by atoms with Crippen LogP contribution in [0.4, 0.5) is 0 Å². The molecule has 0 aliphatic carbocycles. The third-order valence-corrected chi connectivity index (χ3v) is 7.36. The predicted octanol–water partition coefficient (Wildman–Crippen LogP) is 6.81. The number of nitrogens with zero attached hydrogens (tertiary/aromatic N) is 6. The van der Waals surface area contributed by atoms with Crippen molar-refractivity contribution >= 4 is 50.9 Å². The Labute approximate surface area is 198 Å². The molecule has 0 N–H and O–H groups in total. The molecule has 10 heteroatoms. The molecule has 3 aliphatic rings. The topological polar surface area (TPSA) is 74.2 Å². The van der Waals surface area contributed by atoms with Crippen molar-refractivity contribution in [2.24, 2.45) is 30.7 Å². The molecule has 0 amide bonds. The van der Waals surface area contributed by atoms with Gasteiger partial charge < -0.3 is 0 Å². The first-order valence-electron chi connectivity index (χ1n) is 7.67. The zero-order chi connectivity index (χ0) is 17.1. The molecule has 0 saturated heterocycles. The van der Waals surface area contributed by atoms with E-state index >= 15 is 0 Å². The summed E-state index contributed by atoms with van der Waals surface area (Å²) in [6.07, 6.45) is 6.33. The van der Waals surface area contributed by atoms with E-state index in [1.54, 1.807) is 0 Å². The average molecular weight is 588 g/mol. The van der Waals surface area contributed by atoms with Gasteiger partial charge in [0.05, 0.1) is 0 Å². The Morgan fingerprint density at radius 1 is 0.654 bits per heavy atom. The molecule has 3 rings (SSSR count). The summed E-state index contributed by atoms with van der Waals surface area (Å²) in [4.78, 5) is 0. The molecule has 3 aliphatic heterocycles. The summed E-state index contributed by atoms with van der Waals surface area (Å²) in [5.41, 5.74) is 1.08. The SMILES string of the molecule is Br.Br.Br.CC1=CC(C)([C]([Ti])(C2(C)C=C(C)N=N2)C2(C)C=C(C)N=N2)N=N1. The van der Waals surface area contributed by atoms with Gasteiger partial charge in [0.25, 0.3) is 0 Å².